The number of likely N-dealkylation sites (N-methyl/N-ethyl adjacent to an activating group) is 1. The van der Waals surface area contributed by atoms with E-state index in [1.165, 1.54) is 31.2 Å². The highest BCUT2D eigenvalue weighted by Crippen LogP contribution is 2.28. The van der Waals surface area contributed by atoms with Crippen molar-refractivity contribution in [1.82, 2.24) is 10.2 Å². The molecule has 0 aliphatic heterocycles. The molecule has 1 heterocycles. The van der Waals surface area contributed by atoms with Crippen LogP contribution in [0.15, 0.2) is 16.7 Å². The summed E-state index contributed by atoms with van der Waals surface area (Å²) in [6.45, 7) is 4.52. The molecule has 0 saturated heterocycles. The lowest BCUT2D eigenvalue weighted by atomic mass is 10.3. The van der Waals surface area contributed by atoms with Crippen LogP contribution >= 0.6 is 0 Å². The Morgan fingerprint density at radius 3 is 2.95 bits per heavy atom. The van der Waals surface area contributed by atoms with Crippen molar-refractivity contribution < 1.29 is 9.15 Å². The van der Waals surface area contributed by atoms with E-state index < -0.39 is 0 Å². The molecule has 1 N–H and O–H groups in total. The lowest BCUT2D eigenvalue weighted by Crippen LogP contribution is -2.23. The van der Waals surface area contributed by atoms with Crippen LogP contribution < -0.4 is 5.32 Å². The molecule has 0 radical (unpaired) electrons. The zero-order chi connectivity index (χ0) is 13.8. The van der Waals surface area contributed by atoms with Crippen LogP contribution in [0.25, 0.3) is 0 Å². The van der Waals surface area contributed by atoms with Crippen LogP contribution in [0.5, 0.6) is 0 Å². The molecule has 0 bridgehead atoms. The Hall–Kier alpha value is -0.840. The van der Waals surface area contributed by atoms with Crippen molar-refractivity contribution in [1.29, 1.82) is 0 Å². The second-order valence-electron chi connectivity index (χ2n) is 6.33. The summed E-state index contributed by atoms with van der Waals surface area (Å²) < 4.78 is 11.3. The average molecular weight is 278 g/mol. The second kappa shape index (κ2) is 6.74. The lowest BCUT2D eigenvalue weighted by molar-refractivity contribution is 0.1000. The van der Waals surface area contributed by atoms with Crippen molar-refractivity contribution in [3.63, 3.8) is 0 Å². The van der Waals surface area contributed by atoms with Gasteiger partial charge in [-0.1, -0.05) is 0 Å². The van der Waals surface area contributed by atoms with Crippen molar-refractivity contribution in [2.24, 2.45) is 5.92 Å². The molecule has 0 unspecified atom stereocenters. The molecule has 4 nitrogen and oxygen atoms in total. The van der Waals surface area contributed by atoms with E-state index in [1.54, 1.807) is 0 Å². The molecule has 0 aromatic carbocycles. The number of rotatable bonds is 10. The summed E-state index contributed by atoms with van der Waals surface area (Å²) in [5, 5.41) is 3.50. The van der Waals surface area contributed by atoms with Crippen molar-refractivity contribution in [3.05, 3.63) is 23.7 Å². The second-order valence-corrected chi connectivity index (χ2v) is 6.33. The molecule has 0 spiro atoms. The highest BCUT2D eigenvalue weighted by molar-refractivity contribution is 5.13. The van der Waals surface area contributed by atoms with E-state index in [9.17, 15) is 0 Å². The van der Waals surface area contributed by atoms with Crippen LogP contribution in [0, 0.1) is 5.92 Å². The van der Waals surface area contributed by atoms with Crippen LogP contribution in [0.3, 0.4) is 0 Å². The summed E-state index contributed by atoms with van der Waals surface area (Å²) in [7, 11) is 2.12. The highest BCUT2D eigenvalue weighted by Gasteiger charge is 2.21. The SMILES string of the molecule is CN(CCOCC1CC1)Cc1cc(CNC2CC2)co1. The molecule has 2 saturated carbocycles. The van der Waals surface area contributed by atoms with Gasteiger partial charge in [-0.05, 0) is 44.7 Å². The fraction of sp³-hybridized carbons (Fsp3) is 0.750. The first-order chi connectivity index (χ1) is 9.79. The van der Waals surface area contributed by atoms with Gasteiger partial charge in [-0.25, -0.2) is 0 Å². The molecule has 0 atom stereocenters. The summed E-state index contributed by atoms with van der Waals surface area (Å²) in [6, 6.07) is 2.91. The largest absolute Gasteiger partial charge is 0.468 e. The van der Waals surface area contributed by atoms with Crippen LogP contribution in [0.2, 0.25) is 0 Å². The summed E-state index contributed by atoms with van der Waals surface area (Å²) >= 11 is 0. The molecule has 1 aromatic rings. The first kappa shape index (κ1) is 14.1. The standard InChI is InChI=1S/C16H26N2O2/c1-18(6-7-19-11-13-2-3-13)10-16-8-14(12-20-16)9-17-15-4-5-15/h8,12-13,15,17H,2-7,9-11H2,1H3. The molecular weight excluding hydrogens is 252 g/mol. The van der Waals surface area contributed by atoms with Gasteiger partial charge in [0.25, 0.3) is 0 Å². The Bertz CT molecular complexity index is 410. The van der Waals surface area contributed by atoms with Gasteiger partial charge in [-0.2, -0.15) is 0 Å². The Balaban J connectivity index is 1.30. The van der Waals surface area contributed by atoms with Gasteiger partial charge in [0, 0.05) is 31.3 Å². The maximum absolute atomic E-state index is 5.66. The molecule has 3 rings (SSSR count). The third-order valence-corrected chi connectivity index (χ3v) is 3.97. The zero-order valence-corrected chi connectivity index (χ0v) is 12.4. The van der Waals surface area contributed by atoms with Gasteiger partial charge in [-0.3, -0.25) is 4.90 Å². The number of hydrogen-bond acceptors (Lipinski definition) is 4. The summed E-state index contributed by atoms with van der Waals surface area (Å²) in [6.07, 6.45) is 7.25. The number of nitrogens with one attached hydrogen (secondary N) is 1. The molecular formula is C16H26N2O2. The lowest BCUT2D eigenvalue weighted by Gasteiger charge is -2.14. The van der Waals surface area contributed by atoms with E-state index in [-0.39, 0.29) is 0 Å². The number of nitrogens with zero attached hydrogens (tertiary/aromatic N) is 1. The fourth-order valence-electron chi connectivity index (χ4n) is 2.25. The average Bonchev–Trinajstić information content (AvgIpc) is 3.34. The predicted octanol–water partition coefficient (Wildman–Crippen LogP) is 2.39. The number of hydrogen-bond donors (Lipinski definition) is 1. The first-order valence-electron chi connectivity index (χ1n) is 7.85. The van der Waals surface area contributed by atoms with E-state index in [0.717, 1.165) is 50.6 Å². The van der Waals surface area contributed by atoms with Gasteiger partial charge < -0.3 is 14.5 Å². The van der Waals surface area contributed by atoms with E-state index in [2.05, 4.69) is 23.3 Å². The summed E-state index contributed by atoms with van der Waals surface area (Å²) in [5.41, 5.74) is 1.25. The van der Waals surface area contributed by atoms with Gasteiger partial charge in [0.05, 0.1) is 19.4 Å². The van der Waals surface area contributed by atoms with E-state index >= 15 is 0 Å². The normalized spacial score (nSPS) is 18.9. The molecule has 20 heavy (non-hydrogen) atoms. The number of ether oxygens (including phenoxy) is 1. The maximum atomic E-state index is 5.66. The molecule has 2 aliphatic rings. The Labute approximate surface area is 121 Å². The van der Waals surface area contributed by atoms with Gasteiger partial charge in [0.15, 0.2) is 0 Å². The van der Waals surface area contributed by atoms with Gasteiger partial charge in [0.1, 0.15) is 5.76 Å². The van der Waals surface area contributed by atoms with E-state index in [1.807, 2.05) is 6.26 Å². The molecule has 4 heteroatoms. The quantitative estimate of drug-likeness (QED) is 0.667. The highest BCUT2D eigenvalue weighted by atomic mass is 16.5. The fourth-order valence-corrected chi connectivity index (χ4v) is 2.25. The minimum absolute atomic E-state index is 0.750. The minimum atomic E-state index is 0.750. The monoisotopic (exact) mass is 278 g/mol. The van der Waals surface area contributed by atoms with Gasteiger partial charge in [-0.15, -0.1) is 0 Å². The van der Waals surface area contributed by atoms with Crippen molar-refractivity contribution in [2.75, 3.05) is 26.8 Å². The molecule has 2 fully saturated rings. The predicted molar refractivity (Wildman–Crippen MR) is 78.4 cm³/mol. The molecule has 112 valence electrons. The van der Waals surface area contributed by atoms with Crippen LogP contribution in [-0.2, 0) is 17.8 Å². The Morgan fingerprint density at radius 2 is 2.20 bits per heavy atom. The van der Waals surface area contributed by atoms with Crippen LogP contribution in [0.4, 0.5) is 0 Å². The van der Waals surface area contributed by atoms with Crippen molar-refractivity contribution in [2.45, 2.75) is 44.8 Å². The third-order valence-electron chi connectivity index (χ3n) is 3.97. The van der Waals surface area contributed by atoms with E-state index in [0.29, 0.717) is 0 Å². The molecule has 2 aliphatic carbocycles. The summed E-state index contributed by atoms with van der Waals surface area (Å²) in [5.74, 6) is 1.90. The molecule has 1 aromatic heterocycles. The van der Waals surface area contributed by atoms with Crippen LogP contribution in [0.1, 0.15) is 37.0 Å². The van der Waals surface area contributed by atoms with Crippen LogP contribution in [-0.4, -0.2) is 37.7 Å². The number of furan rings is 1. The Kier molecular flexibility index (Phi) is 4.76. The van der Waals surface area contributed by atoms with Crippen molar-refractivity contribution >= 4 is 0 Å². The maximum Gasteiger partial charge on any atom is 0.118 e. The van der Waals surface area contributed by atoms with E-state index in [4.69, 9.17) is 9.15 Å². The topological polar surface area (TPSA) is 37.6 Å². The smallest absolute Gasteiger partial charge is 0.118 e. The third kappa shape index (κ3) is 4.93. The van der Waals surface area contributed by atoms with Crippen molar-refractivity contribution in [3.8, 4) is 0 Å². The molecule has 0 amide bonds. The van der Waals surface area contributed by atoms with Gasteiger partial charge in [0.2, 0.25) is 0 Å². The summed E-state index contributed by atoms with van der Waals surface area (Å²) in [4.78, 5) is 2.25. The Morgan fingerprint density at radius 1 is 1.35 bits per heavy atom. The zero-order valence-electron chi connectivity index (χ0n) is 12.4. The first-order valence-corrected chi connectivity index (χ1v) is 7.85. The minimum Gasteiger partial charge on any atom is -0.468 e. The van der Waals surface area contributed by atoms with Gasteiger partial charge >= 0.3 is 0 Å².